The van der Waals surface area contributed by atoms with Crippen LogP contribution in [-0.4, -0.2) is 17.1 Å². The fourth-order valence-electron chi connectivity index (χ4n) is 2.07. The van der Waals surface area contributed by atoms with E-state index < -0.39 is 0 Å². The molecule has 118 valence electrons. The lowest BCUT2D eigenvalue weighted by Crippen LogP contribution is -2.17. The smallest absolute Gasteiger partial charge is 0.271 e. The van der Waals surface area contributed by atoms with Crippen molar-refractivity contribution in [1.82, 2.24) is 10.4 Å². The van der Waals surface area contributed by atoms with Gasteiger partial charge in [-0.25, -0.2) is 5.43 Å². The van der Waals surface area contributed by atoms with E-state index in [1.165, 1.54) is 0 Å². The molecule has 0 radical (unpaired) electrons. The highest BCUT2D eigenvalue weighted by molar-refractivity contribution is 5.94. The van der Waals surface area contributed by atoms with Crippen molar-refractivity contribution in [3.8, 4) is 0 Å². The number of carbonyl (C=O) groups is 1. The lowest BCUT2D eigenvalue weighted by Gasteiger charge is -2.06. The Morgan fingerprint density at radius 3 is 2.25 bits per heavy atom. The van der Waals surface area contributed by atoms with E-state index in [0.717, 1.165) is 16.9 Å². The highest BCUT2D eigenvalue weighted by Gasteiger charge is 2.01. The minimum Gasteiger partial charge on any atom is -0.356 e. The molecule has 0 aliphatic heterocycles. The molecule has 1 amide bonds. The van der Waals surface area contributed by atoms with Crippen LogP contribution in [0.5, 0.6) is 0 Å². The van der Waals surface area contributed by atoms with E-state index in [9.17, 15) is 4.79 Å². The van der Waals surface area contributed by atoms with Gasteiger partial charge in [-0.3, -0.25) is 9.78 Å². The number of pyridine rings is 1. The maximum atomic E-state index is 11.8. The van der Waals surface area contributed by atoms with Gasteiger partial charge in [0.25, 0.3) is 5.91 Å². The third-order valence-electron chi connectivity index (χ3n) is 3.30. The van der Waals surface area contributed by atoms with Crippen LogP contribution in [0.2, 0.25) is 0 Å². The van der Waals surface area contributed by atoms with Crippen LogP contribution in [0.15, 0.2) is 84.2 Å². The monoisotopic (exact) mass is 316 g/mol. The molecule has 0 spiro atoms. The zero-order valence-corrected chi connectivity index (χ0v) is 12.9. The normalized spacial score (nSPS) is 10.5. The Bertz CT molecular complexity index is 815. The van der Waals surface area contributed by atoms with Crippen LogP contribution in [0, 0.1) is 0 Å². The van der Waals surface area contributed by atoms with Crippen LogP contribution in [0.25, 0.3) is 0 Å². The van der Waals surface area contributed by atoms with Crippen LogP contribution in [0.1, 0.15) is 15.9 Å². The van der Waals surface area contributed by atoms with Crippen LogP contribution in [-0.2, 0) is 0 Å². The van der Waals surface area contributed by atoms with E-state index in [1.54, 1.807) is 30.7 Å². The van der Waals surface area contributed by atoms with Crippen molar-refractivity contribution in [3.63, 3.8) is 0 Å². The summed E-state index contributed by atoms with van der Waals surface area (Å²) in [6, 6.07) is 21.0. The fraction of sp³-hybridized carbons (Fsp3) is 0. The minimum atomic E-state index is -0.268. The van der Waals surface area contributed by atoms with Crippen LogP contribution >= 0.6 is 0 Å². The summed E-state index contributed by atoms with van der Waals surface area (Å²) in [4.78, 5) is 15.7. The molecule has 0 saturated carbocycles. The van der Waals surface area contributed by atoms with E-state index in [0.29, 0.717) is 5.56 Å². The molecule has 24 heavy (non-hydrogen) atoms. The molecule has 2 aromatic carbocycles. The molecule has 5 heteroatoms. The first-order chi connectivity index (χ1) is 11.8. The number of rotatable bonds is 5. The first-order valence-corrected chi connectivity index (χ1v) is 7.47. The third-order valence-corrected chi connectivity index (χ3v) is 3.30. The summed E-state index contributed by atoms with van der Waals surface area (Å²) in [7, 11) is 0. The predicted molar refractivity (Wildman–Crippen MR) is 95.5 cm³/mol. The summed E-state index contributed by atoms with van der Waals surface area (Å²) in [6.07, 6.45) is 4.74. The Morgan fingerprint density at radius 1 is 0.875 bits per heavy atom. The van der Waals surface area contributed by atoms with E-state index in [1.807, 2.05) is 54.6 Å². The Morgan fingerprint density at radius 2 is 1.54 bits per heavy atom. The molecule has 5 nitrogen and oxygen atoms in total. The highest BCUT2D eigenvalue weighted by atomic mass is 16.2. The lowest BCUT2D eigenvalue weighted by molar-refractivity contribution is 0.0955. The molecule has 0 aliphatic rings. The van der Waals surface area contributed by atoms with E-state index in [4.69, 9.17) is 0 Å². The summed E-state index contributed by atoms with van der Waals surface area (Å²) in [5, 5.41) is 7.27. The number of aromatic nitrogens is 1. The van der Waals surface area contributed by atoms with E-state index in [-0.39, 0.29) is 5.91 Å². The van der Waals surface area contributed by atoms with E-state index in [2.05, 4.69) is 20.8 Å². The molecule has 3 rings (SSSR count). The van der Waals surface area contributed by atoms with Gasteiger partial charge in [0.1, 0.15) is 0 Å². The predicted octanol–water partition coefficient (Wildman–Crippen LogP) is 3.59. The van der Waals surface area contributed by atoms with Crippen molar-refractivity contribution in [2.24, 2.45) is 5.10 Å². The first-order valence-electron chi connectivity index (χ1n) is 7.47. The molecule has 2 N–H and O–H groups in total. The van der Waals surface area contributed by atoms with Crippen molar-refractivity contribution in [2.45, 2.75) is 0 Å². The van der Waals surface area contributed by atoms with Gasteiger partial charge in [0.15, 0.2) is 0 Å². The second-order valence-electron chi connectivity index (χ2n) is 5.05. The Hall–Kier alpha value is -3.47. The SMILES string of the molecule is O=C(N/N=C/c1ccc(Nc2ccccc2)cc1)c1ccncc1. The molecule has 0 saturated heterocycles. The molecule has 0 fully saturated rings. The molecule has 3 aromatic rings. The van der Waals surface area contributed by atoms with Crippen molar-refractivity contribution < 1.29 is 4.79 Å². The Kier molecular flexibility index (Phi) is 4.94. The fourth-order valence-corrected chi connectivity index (χ4v) is 2.07. The first kappa shape index (κ1) is 15.4. The van der Waals surface area contributed by atoms with Crippen LogP contribution < -0.4 is 10.7 Å². The maximum absolute atomic E-state index is 11.8. The van der Waals surface area contributed by atoms with Crippen molar-refractivity contribution in [2.75, 3.05) is 5.32 Å². The summed E-state index contributed by atoms with van der Waals surface area (Å²) >= 11 is 0. The largest absolute Gasteiger partial charge is 0.356 e. The average Bonchev–Trinajstić information content (AvgIpc) is 2.65. The van der Waals surface area contributed by atoms with Crippen molar-refractivity contribution >= 4 is 23.5 Å². The lowest BCUT2D eigenvalue weighted by atomic mass is 10.2. The number of carbonyl (C=O) groups excluding carboxylic acids is 1. The second kappa shape index (κ2) is 7.69. The van der Waals surface area contributed by atoms with Gasteiger partial charge in [-0.15, -0.1) is 0 Å². The topological polar surface area (TPSA) is 66.4 Å². The Balaban J connectivity index is 1.57. The summed E-state index contributed by atoms with van der Waals surface area (Å²) < 4.78 is 0. The number of hydrogen-bond acceptors (Lipinski definition) is 4. The van der Waals surface area contributed by atoms with Gasteiger partial charge < -0.3 is 5.32 Å². The average molecular weight is 316 g/mol. The number of benzene rings is 2. The summed E-state index contributed by atoms with van der Waals surface area (Å²) in [5.41, 5.74) is 5.92. The number of para-hydroxylation sites is 1. The van der Waals surface area contributed by atoms with Gasteiger partial charge in [-0.05, 0) is 42.0 Å². The second-order valence-corrected chi connectivity index (χ2v) is 5.05. The quantitative estimate of drug-likeness (QED) is 0.558. The van der Waals surface area contributed by atoms with Gasteiger partial charge >= 0.3 is 0 Å². The molecule has 0 aliphatic carbocycles. The molecular formula is C19H16N4O. The van der Waals surface area contributed by atoms with Gasteiger partial charge in [0.2, 0.25) is 0 Å². The molecule has 0 bridgehead atoms. The van der Waals surface area contributed by atoms with Crippen molar-refractivity contribution in [3.05, 3.63) is 90.3 Å². The number of nitrogens with zero attached hydrogens (tertiary/aromatic N) is 2. The van der Waals surface area contributed by atoms with Crippen LogP contribution in [0.3, 0.4) is 0 Å². The Labute approximate surface area is 140 Å². The molecular weight excluding hydrogens is 300 g/mol. The molecule has 1 aromatic heterocycles. The number of anilines is 2. The van der Waals surface area contributed by atoms with Crippen molar-refractivity contribution in [1.29, 1.82) is 0 Å². The number of hydrazone groups is 1. The number of amides is 1. The molecule has 1 heterocycles. The van der Waals surface area contributed by atoms with Gasteiger partial charge in [0, 0.05) is 29.3 Å². The van der Waals surface area contributed by atoms with E-state index >= 15 is 0 Å². The molecule has 0 unspecified atom stereocenters. The number of nitrogens with one attached hydrogen (secondary N) is 2. The van der Waals surface area contributed by atoms with Gasteiger partial charge in [-0.2, -0.15) is 5.10 Å². The van der Waals surface area contributed by atoms with Gasteiger partial charge in [-0.1, -0.05) is 30.3 Å². The highest BCUT2D eigenvalue weighted by Crippen LogP contribution is 2.15. The van der Waals surface area contributed by atoms with Gasteiger partial charge in [0.05, 0.1) is 6.21 Å². The third kappa shape index (κ3) is 4.27. The maximum Gasteiger partial charge on any atom is 0.271 e. The zero-order valence-electron chi connectivity index (χ0n) is 12.9. The standard InChI is InChI=1S/C19H16N4O/c24-19(16-10-12-20-13-11-16)23-21-14-15-6-8-18(9-7-15)22-17-4-2-1-3-5-17/h1-14,22H,(H,23,24)/b21-14+. The number of hydrogen-bond donors (Lipinski definition) is 2. The zero-order chi connectivity index (χ0) is 16.6. The summed E-state index contributed by atoms with van der Waals surface area (Å²) in [6.45, 7) is 0. The minimum absolute atomic E-state index is 0.268. The summed E-state index contributed by atoms with van der Waals surface area (Å²) in [5.74, 6) is -0.268. The van der Waals surface area contributed by atoms with Crippen LogP contribution in [0.4, 0.5) is 11.4 Å². The molecule has 0 atom stereocenters.